The molecule has 1 heterocycles. The lowest BCUT2D eigenvalue weighted by Gasteiger charge is -2.12. The topological polar surface area (TPSA) is 54.0 Å². The monoisotopic (exact) mass is 420 g/mol. The van der Waals surface area contributed by atoms with Crippen molar-refractivity contribution < 1.29 is 28.1 Å². The average Bonchev–Trinajstić information content (AvgIpc) is 3.09. The van der Waals surface area contributed by atoms with Gasteiger partial charge in [0.25, 0.3) is 0 Å². The highest BCUT2D eigenvalue weighted by Gasteiger charge is 2.30. The number of fused-ring (bicyclic) bond motifs is 1. The van der Waals surface area contributed by atoms with Gasteiger partial charge in [-0.1, -0.05) is 24.3 Å². The number of para-hydroxylation sites is 1. The van der Waals surface area contributed by atoms with Crippen LogP contribution in [-0.2, 0) is 6.61 Å². The molecule has 4 rings (SSSR count). The Hall–Kier alpha value is -3.80. The van der Waals surface area contributed by atoms with Gasteiger partial charge in [0, 0.05) is 11.1 Å². The summed E-state index contributed by atoms with van der Waals surface area (Å²) in [6, 6.07) is 15.0. The van der Waals surface area contributed by atoms with Crippen molar-refractivity contribution in [1.29, 1.82) is 0 Å². The van der Waals surface area contributed by atoms with E-state index < -0.39 is 0 Å². The van der Waals surface area contributed by atoms with Gasteiger partial charge in [0.1, 0.15) is 23.9 Å². The summed E-state index contributed by atoms with van der Waals surface area (Å²) in [5, 5.41) is 0. The molecule has 31 heavy (non-hydrogen) atoms. The number of carbonyl (C=O) groups is 1. The van der Waals surface area contributed by atoms with Crippen LogP contribution in [0.3, 0.4) is 0 Å². The molecule has 0 N–H and O–H groups in total. The summed E-state index contributed by atoms with van der Waals surface area (Å²) in [5.41, 5.74) is 2.54. The summed E-state index contributed by atoms with van der Waals surface area (Å²) in [6.45, 7) is 2.02. The van der Waals surface area contributed by atoms with E-state index in [0.717, 1.165) is 0 Å². The number of rotatable bonds is 6. The second kappa shape index (κ2) is 8.52. The Bertz CT molecular complexity index is 1180. The zero-order valence-electron chi connectivity index (χ0n) is 17.4. The minimum Gasteiger partial charge on any atom is -0.493 e. The molecule has 1 aliphatic rings. The van der Waals surface area contributed by atoms with Crippen molar-refractivity contribution in [2.24, 2.45) is 0 Å². The second-order valence-electron chi connectivity index (χ2n) is 7.01. The molecule has 6 heteroatoms. The van der Waals surface area contributed by atoms with Crippen LogP contribution in [0.2, 0.25) is 0 Å². The Morgan fingerprint density at radius 1 is 1.00 bits per heavy atom. The summed E-state index contributed by atoms with van der Waals surface area (Å²) < 4.78 is 35.9. The molecule has 0 saturated heterocycles. The number of hydrogen-bond donors (Lipinski definition) is 0. The van der Waals surface area contributed by atoms with Gasteiger partial charge in [-0.25, -0.2) is 4.39 Å². The molecule has 0 amide bonds. The maximum absolute atomic E-state index is 13.4. The van der Waals surface area contributed by atoms with Crippen LogP contribution >= 0.6 is 0 Å². The van der Waals surface area contributed by atoms with Crippen molar-refractivity contribution in [2.75, 3.05) is 14.2 Å². The molecule has 3 aromatic rings. The first-order chi connectivity index (χ1) is 15.0. The number of benzene rings is 3. The zero-order valence-corrected chi connectivity index (χ0v) is 17.4. The normalized spacial score (nSPS) is 13.7. The first kappa shape index (κ1) is 20.5. The molecule has 0 spiro atoms. The minimum atomic E-state index is -0.316. The van der Waals surface area contributed by atoms with Gasteiger partial charge in [-0.3, -0.25) is 4.79 Å². The van der Waals surface area contributed by atoms with Crippen LogP contribution in [0.5, 0.6) is 23.0 Å². The van der Waals surface area contributed by atoms with Crippen LogP contribution in [-0.4, -0.2) is 20.0 Å². The Labute approximate surface area is 179 Å². The average molecular weight is 420 g/mol. The van der Waals surface area contributed by atoms with Gasteiger partial charge in [0.05, 0.1) is 19.8 Å². The van der Waals surface area contributed by atoms with Gasteiger partial charge in [-0.15, -0.1) is 0 Å². The van der Waals surface area contributed by atoms with Crippen molar-refractivity contribution >= 4 is 11.9 Å². The highest BCUT2D eigenvalue weighted by atomic mass is 19.1. The Kier molecular flexibility index (Phi) is 5.62. The Morgan fingerprint density at radius 3 is 2.55 bits per heavy atom. The van der Waals surface area contributed by atoms with E-state index in [1.54, 1.807) is 43.5 Å². The number of allylic oxidation sites excluding steroid dienone is 1. The van der Waals surface area contributed by atoms with E-state index in [0.29, 0.717) is 45.3 Å². The Morgan fingerprint density at radius 2 is 1.81 bits per heavy atom. The maximum atomic E-state index is 13.4. The van der Waals surface area contributed by atoms with E-state index in [4.69, 9.17) is 18.9 Å². The van der Waals surface area contributed by atoms with Crippen LogP contribution in [0.25, 0.3) is 6.08 Å². The largest absolute Gasteiger partial charge is 0.493 e. The molecule has 158 valence electrons. The fourth-order valence-corrected chi connectivity index (χ4v) is 3.48. The van der Waals surface area contributed by atoms with Crippen molar-refractivity contribution in [2.45, 2.75) is 13.5 Å². The number of carbonyl (C=O) groups excluding carboxylic acids is 1. The predicted molar refractivity (Wildman–Crippen MR) is 114 cm³/mol. The lowest BCUT2D eigenvalue weighted by atomic mass is 10.1. The summed E-state index contributed by atoms with van der Waals surface area (Å²) in [7, 11) is 3.09. The predicted octanol–water partition coefficient (Wildman–Crippen LogP) is 5.35. The van der Waals surface area contributed by atoms with Gasteiger partial charge in [-0.2, -0.15) is 0 Å². The van der Waals surface area contributed by atoms with E-state index in [1.807, 2.05) is 19.1 Å². The molecular formula is C25H21FO5. The van der Waals surface area contributed by atoms with Gasteiger partial charge in [-0.05, 0) is 48.9 Å². The lowest BCUT2D eigenvalue weighted by Crippen LogP contribution is -1.99. The van der Waals surface area contributed by atoms with Crippen LogP contribution < -0.4 is 18.9 Å². The van der Waals surface area contributed by atoms with E-state index in [1.165, 1.54) is 19.2 Å². The fourth-order valence-electron chi connectivity index (χ4n) is 3.48. The van der Waals surface area contributed by atoms with Crippen molar-refractivity contribution in [3.63, 3.8) is 0 Å². The van der Waals surface area contributed by atoms with Gasteiger partial charge in [0.15, 0.2) is 17.3 Å². The lowest BCUT2D eigenvalue weighted by molar-refractivity contribution is 0.101. The number of methoxy groups -OCH3 is 2. The molecule has 5 nitrogen and oxygen atoms in total. The molecule has 1 aliphatic heterocycles. The summed E-state index contributed by atoms with van der Waals surface area (Å²) in [6.07, 6.45) is 1.64. The zero-order chi connectivity index (χ0) is 22.0. The number of halogens is 1. The van der Waals surface area contributed by atoms with Gasteiger partial charge >= 0.3 is 0 Å². The SMILES string of the molecule is COc1cccc(/C=C2\Oc3c(ccc(OCc4cccc(F)c4)c3C)C2=O)c1OC. The molecule has 0 aliphatic carbocycles. The summed E-state index contributed by atoms with van der Waals surface area (Å²) in [5.74, 6) is 1.74. The van der Waals surface area contributed by atoms with Crippen LogP contribution in [0.1, 0.15) is 27.0 Å². The van der Waals surface area contributed by atoms with Gasteiger partial charge < -0.3 is 18.9 Å². The van der Waals surface area contributed by atoms with E-state index in [2.05, 4.69) is 0 Å². The molecule has 0 unspecified atom stereocenters. The third-order valence-corrected chi connectivity index (χ3v) is 5.04. The molecule has 0 aromatic heterocycles. The summed E-state index contributed by atoms with van der Waals surface area (Å²) >= 11 is 0. The number of hydrogen-bond acceptors (Lipinski definition) is 5. The molecule has 0 radical (unpaired) electrons. The first-order valence-corrected chi connectivity index (χ1v) is 9.68. The maximum Gasteiger partial charge on any atom is 0.231 e. The highest BCUT2D eigenvalue weighted by Crippen LogP contribution is 2.40. The summed E-state index contributed by atoms with van der Waals surface area (Å²) in [4.78, 5) is 12.9. The van der Waals surface area contributed by atoms with Crippen LogP contribution in [0, 0.1) is 12.7 Å². The molecule has 0 fully saturated rings. The molecule has 0 saturated carbocycles. The Balaban J connectivity index is 1.61. The van der Waals surface area contributed by atoms with Crippen LogP contribution in [0.4, 0.5) is 4.39 Å². The first-order valence-electron chi connectivity index (χ1n) is 9.68. The quantitative estimate of drug-likeness (QED) is 0.504. The van der Waals surface area contributed by atoms with E-state index >= 15 is 0 Å². The number of ether oxygens (including phenoxy) is 4. The second-order valence-corrected chi connectivity index (χ2v) is 7.01. The van der Waals surface area contributed by atoms with Crippen molar-refractivity contribution in [3.05, 3.63) is 88.4 Å². The molecule has 0 bridgehead atoms. The molecular weight excluding hydrogens is 399 g/mol. The highest BCUT2D eigenvalue weighted by molar-refractivity contribution is 6.15. The van der Waals surface area contributed by atoms with Crippen LogP contribution in [0.15, 0.2) is 60.4 Å². The fraction of sp³-hybridized carbons (Fsp3) is 0.160. The molecule has 3 aromatic carbocycles. The standard InChI is InChI=1S/C25H21FO5/c1-15-20(30-14-16-6-4-8-18(26)12-16)11-10-19-23(27)22(31-24(15)19)13-17-7-5-9-21(28-2)25(17)29-3/h4-13H,14H2,1-3H3/b22-13-. The van der Waals surface area contributed by atoms with E-state index in [-0.39, 0.29) is 24.0 Å². The number of Topliss-reactive ketones (excluding diaryl/α,β-unsaturated/α-hetero) is 1. The third kappa shape index (κ3) is 3.97. The third-order valence-electron chi connectivity index (χ3n) is 5.04. The van der Waals surface area contributed by atoms with Crippen molar-refractivity contribution in [1.82, 2.24) is 0 Å². The smallest absolute Gasteiger partial charge is 0.231 e. The van der Waals surface area contributed by atoms with Crippen molar-refractivity contribution in [3.8, 4) is 23.0 Å². The van der Waals surface area contributed by atoms with Gasteiger partial charge in [0.2, 0.25) is 5.78 Å². The molecule has 0 atom stereocenters. The number of ketones is 1. The minimum absolute atomic E-state index is 0.187. The van der Waals surface area contributed by atoms with E-state index in [9.17, 15) is 9.18 Å².